The fourth-order valence-corrected chi connectivity index (χ4v) is 2.48. The van der Waals surface area contributed by atoms with Crippen molar-refractivity contribution in [2.24, 2.45) is 5.73 Å². The number of hydrogen-bond acceptors (Lipinski definition) is 6. The summed E-state index contributed by atoms with van der Waals surface area (Å²) in [5, 5.41) is 12.2. The number of unbranched alkanes of at least 4 members (excludes halogenated alkanes) is 2. The summed E-state index contributed by atoms with van der Waals surface area (Å²) in [6.07, 6.45) is 5.75. The number of carbonyl (C=O) groups is 1. The van der Waals surface area contributed by atoms with E-state index < -0.39 is 0 Å². The summed E-state index contributed by atoms with van der Waals surface area (Å²) in [5.74, 6) is 0.317. The Kier molecular flexibility index (Phi) is 7.35. The molecule has 0 aliphatic heterocycles. The van der Waals surface area contributed by atoms with Crippen LogP contribution in [0.4, 0.5) is 5.13 Å². The van der Waals surface area contributed by atoms with Gasteiger partial charge in [-0.25, -0.2) is 0 Å². The first-order valence-electron chi connectivity index (χ1n) is 6.64. The van der Waals surface area contributed by atoms with Gasteiger partial charge in [0, 0.05) is 6.42 Å². The highest BCUT2D eigenvalue weighted by molar-refractivity contribution is 7.15. The molecular formula is C13H19ClN4O2S. The lowest BCUT2D eigenvalue weighted by atomic mass is 10.2. The van der Waals surface area contributed by atoms with Crippen LogP contribution < -0.4 is 11.1 Å². The van der Waals surface area contributed by atoms with Gasteiger partial charge >= 0.3 is 0 Å². The standard InChI is InChI=1S/C13H18N4O2S.ClH/c1-2-3-4-5-11-16-17-13(20-11)15-12(18)9-6-10(7-14)19-8-9;/h6,8H,2-5,7,14H2,1H3,(H,15,17,18);1H. The van der Waals surface area contributed by atoms with E-state index in [4.69, 9.17) is 10.2 Å². The molecule has 2 aromatic rings. The van der Waals surface area contributed by atoms with Crippen molar-refractivity contribution in [2.75, 3.05) is 5.32 Å². The molecule has 0 radical (unpaired) electrons. The van der Waals surface area contributed by atoms with Gasteiger partial charge in [-0.2, -0.15) is 0 Å². The van der Waals surface area contributed by atoms with Crippen LogP contribution in [0.3, 0.4) is 0 Å². The van der Waals surface area contributed by atoms with E-state index in [1.54, 1.807) is 6.07 Å². The number of nitrogens with two attached hydrogens (primary N) is 1. The molecule has 0 saturated carbocycles. The summed E-state index contributed by atoms with van der Waals surface area (Å²) in [6.45, 7) is 2.43. The van der Waals surface area contributed by atoms with E-state index >= 15 is 0 Å². The topological polar surface area (TPSA) is 94.0 Å². The average Bonchev–Trinajstić information content (AvgIpc) is 3.08. The van der Waals surface area contributed by atoms with Crippen LogP contribution in [-0.4, -0.2) is 16.1 Å². The van der Waals surface area contributed by atoms with Crippen LogP contribution in [0.2, 0.25) is 0 Å². The van der Waals surface area contributed by atoms with Crippen molar-refractivity contribution >= 4 is 34.8 Å². The molecule has 1 amide bonds. The second-order valence-corrected chi connectivity index (χ2v) is 5.48. The lowest BCUT2D eigenvalue weighted by Crippen LogP contribution is -2.10. The number of amides is 1. The maximum Gasteiger partial charge on any atom is 0.260 e. The van der Waals surface area contributed by atoms with Crippen LogP contribution in [0.5, 0.6) is 0 Å². The minimum absolute atomic E-state index is 0. The van der Waals surface area contributed by atoms with Crippen molar-refractivity contribution in [2.45, 2.75) is 39.2 Å². The van der Waals surface area contributed by atoms with E-state index in [1.807, 2.05) is 0 Å². The Hall–Kier alpha value is -1.44. The molecule has 0 unspecified atom stereocenters. The van der Waals surface area contributed by atoms with E-state index in [2.05, 4.69) is 22.4 Å². The Morgan fingerprint density at radius 3 is 2.90 bits per heavy atom. The number of nitrogens with zero attached hydrogens (tertiary/aromatic N) is 2. The van der Waals surface area contributed by atoms with Gasteiger partial charge in [0.2, 0.25) is 5.13 Å². The van der Waals surface area contributed by atoms with Gasteiger partial charge < -0.3 is 10.2 Å². The number of anilines is 1. The molecule has 0 bridgehead atoms. The van der Waals surface area contributed by atoms with Crippen molar-refractivity contribution < 1.29 is 9.21 Å². The van der Waals surface area contributed by atoms with E-state index in [-0.39, 0.29) is 24.9 Å². The molecule has 0 aromatic carbocycles. The Balaban J connectivity index is 0.00000220. The van der Waals surface area contributed by atoms with Crippen LogP contribution >= 0.6 is 23.7 Å². The van der Waals surface area contributed by atoms with E-state index in [0.717, 1.165) is 17.8 Å². The molecule has 8 heteroatoms. The molecule has 116 valence electrons. The Labute approximate surface area is 133 Å². The van der Waals surface area contributed by atoms with Crippen molar-refractivity contribution in [1.82, 2.24) is 10.2 Å². The molecule has 6 nitrogen and oxygen atoms in total. The van der Waals surface area contributed by atoms with Crippen LogP contribution in [0.1, 0.15) is 47.3 Å². The third-order valence-corrected chi connectivity index (χ3v) is 3.70. The molecule has 2 rings (SSSR count). The summed E-state index contributed by atoms with van der Waals surface area (Å²) in [7, 11) is 0. The second-order valence-electron chi connectivity index (χ2n) is 4.42. The maximum atomic E-state index is 11.9. The quantitative estimate of drug-likeness (QED) is 0.761. The van der Waals surface area contributed by atoms with Gasteiger partial charge in [0.1, 0.15) is 17.0 Å². The Morgan fingerprint density at radius 2 is 2.24 bits per heavy atom. The minimum Gasteiger partial charge on any atom is -0.467 e. The van der Waals surface area contributed by atoms with Gasteiger partial charge in [0.05, 0.1) is 12.1 Å². The average molecular weight is 331 g/mol. The van der Waals surface area contributed by atoms with Crippen molar-refractivity contribution in [3.8, 4) is 0 Å². The van der Waals surface area contributed by atoms with E-state index in [1.165, 1.54) is 30.4 Å². The molecule has 0 fully saturated rings. The highest BCUT2D eigenvalue weighted by Crippen LogP contribution is 2.18. The second kappa shape index (κ2) is 8.76. The Bertz CT molecular complexity index is 570. The van der Waals surface area contributed by atoms with Gasteiger partial charge in [-0.1, -0.05) is 31.1 Å². The summed E-state index contributed by atoms with van der Waals surface area (Å²) in [4.78, 5) is 11.9. The fourth-order valence-electron chi connectivity index (χ4n) is 1.71. The van der Waals surface area contributed by atoms with E-state index in [9.17, 15) is 4.79 Å². The zero-order valence-corrected chi connectivity index (χ0v) is 13.4. The van der Waals surface area contributed by atoms with Crippen molar-refractivity contribution in [3.05, 3.63) is 28.7 Å². The number of aryl methyl sites for hydroxylation is 1. The highest BCUT2D eigenvalue weighted by atomic mass is 35.5. The Morgan fingerprint density at radius 1 is 1.43 bits per heavy atom. The van der Waals surface area contributed by atoms with Gasteiger partial charge in [-0.05, 0) is 12.5 Å². The molecule has 0 aliphatic rings. The van der Waals surface area contributed by atoms with Crippen LogP contribution in [0.25, 0.3) is 0 Å². The molecular weight excluding hydrogens is 312 g/mol. The molecule has 2 heterocycles. The zero-order chi connectivity index (χ0) is 14.4. The molecule has 2 aromatic heterocycles. The summed E-state index contributed by atoms with van der Waals surface area (Å²) < 4.78 is 5.12. The number of halogens is 1. The largest absolute Gasteiger partial charge is 0.467 e. The SMILES string of the molecule is CCCCCc1nnc(NC(=O)c2coc(CN)c2)s1.Cl. The lowest BCUT2D eigenvalue weighted by molar-refractivity contribution is 0.102. The molecule has 0 saturated heterocycles. The monoisotopic (exact) mass is 330 g/mol. The third kappa shape index (κ3) is 5.11. The highest BCUT2D eigenvalue weighted by Gasteiger charge is 2.12. The number of aromatic nitrogens is 2. The molecule has 3 N–H and O–H groups in total. The van der Waals surface area contributed by atoms with Crippen molar-refractivity contribution in [3.63, 3.8) is 0 Å². The van der Waals surface area contributed by atoms with Gasteiger partial charge in [-0.3, -0.25) is 10.1 Å². The molecule has 0 spiro atoms. The lowest BCUT2D eigenvalue weighted by Gasteiger charge is -1.96. The number of hydrogen-bond donors (Lipinski definition) is 2. The van der Waals surface area contributed by atoms with Crippen LogP contribution in [-0.2, 0) is 13.0 Å². The summed E-state index contributed by atoms with van der Waals surface area (Å²) in [6, 6.07) is 1.62. The van der Waals surface area contributed by atoms with Gasteiger partial charge in [-0.15, -0.1) is 22.6 Å². The number of rotatable bonds is 7. The molecule has 0 aliphatic carbocycles. The molecule has 21 heavy (non-hydrogen) atoms. The van der Waals surface area contributed by atoms with Gasteiger partial charge in [0.25, 0.3) is 5.91 Å². The smallest absolute Gasteiger partial charge is 0.260 e. The number of furan rings is 1. The van der Waals surface area contributed by atoms with Crippen LogP contribution in [0, 0.1) is 0 Å². The number of nitrogens with one attached hydrogen (secondary N) is 1. The normalized spacial score (nSPS) is 10.2. The van der Waals surface area contributed by atoms with E-state index in [0.29, 0.717) is 16.5 Å². The van der Waals surface area contributed by atoms with Gasteiger partial charge in [0.15, 0.2) is 0 Å². The third-order valence-electron chi connectivity index (χ3n) is 2.80. The minimum atomic E-state index is -0.260. The predicted octanol–water partition coefficient (Wildman–Crippen LogP) is 3.00. The van der Waals surface area contributed by atoms with Crippen LogP contribution in [0.15, 0.2) is 16.7 Å². The fraction of sp³-hybridized carbons (Fsp3) is 0.462. The first-order chi connectivity index (χ1) is 9.72. The first-order valence-corrected chi connectivity index (χ1v) is 7.45. The summed E-state index contributed by atoms with van der Waals surface area (Å²) >= 11 is 1.41. The zero-order valence-electron chi connectivity index (χ0n) is 11.8. The predicted molar refractivity (Wildman–Crippen MR) is 84.9 cm³/mol. The summed E-state index contributed by atoms with van der Waals surface area (Å²) in [5.41, 5.74) is 5.87. The number of carbonyl (C=O) groups excluding carboxylic acids is 1. The van der Waals surface area contributed by atoms with Crippen molar-refractivity contribution in [1.29, 1.82) is 0 Å². The first kappa shape index (κ1) is 17.6. The maximum absolute atomic E-state index is 11.9. The molecule has 0 atom stereocenters.